The number of allylic oxidation sites excluding steroid dienone is 1. The zero-order chi connectivity index (χ0) is 40.2. The molecule has 16 heteroatoms. The second-order valence-corrected chi connectivity index (χ2v) is 24.3. The molecule has 0 saturated carbocycles. The van der Waals surface area contributed by atoms with Gasteiger partial charge in [0.05, 0.1) is 0 Å². The number of hydrogen-bond donors (Lipinski definition) is 0. The van der Waals surface area contributed by atoms with Gasteiger partial charge in [-0.05, 0) is 114 Å². The van der Waals surface area contributed by atoms with Gasteiger partial charge in [0.2, 0.25) is 5.24 Å². The molecule has 2 atom stereocenters. The van der Waals surface area contributed by atoms with Crippen LogP contribution in [-0.4, -0.2) is 22.4 Å². The highest BCUT2D eigenvalue weighted by atomic mass is 79.9. The monoisotopic (exact) mass is 1210 g/mol. The Morgan fingerprint density at radius 1 is 0.774 bits per heavy atom. The number of fused-ring (bicyclic) bond motifs is 2. The minimum absolute atomic E-state index is 0.102. The summed E-state index contributed by atoms with van der Waals surface area (Å²) in [6.45, 7) is 5.89. The molecule has 0 aliphatic heterocycles. The van der Waals surface area contributed by atoms with E-state index in [9.17, 15) is 9.59 Å². The Kier molecular flexibility index (Phi) is 23.7. The average Bonchev–Trinajstić information content (AvgIpc) is 3.57. The van der Waals surface area contributed by atoms with Crippen LogP contribution in [0.5, 0.6) is 0 Å². The van der Waals surface area contributed by atoms with Crippen LogP contribution in [0.4, 0.5) is 0 Å². The van der Waals surface area contributed by atoms with Crippen LogP contribution in [0.1, 0.15) is 58.9 Å². The molecular weight excluding hydrogens is 1190 g/mol. The summed E-state index contributed by atoms with van der Waals surface area (Å²) in [4.78, 5) is 22.5. The van der Waals surface area contributed by atoms with Crippen LogP contribution in [0.2, 0.25) is 20.1 Å². The maximum Gasteiger partial charge on any atom is 0.643 e. The number of hydrogen-bond acceptors (Lipinski definition) is 2. The van der Waals surface area contributed by atoms with Gasteiger partial charge in [0.25, 0.3) is 0 Å². The number of ketones is 1. The van der Waals surface area contributed by atoms with Gasteiger partial charge in [-0.3, -0.25) is 9.59 Å². The first-order valence-electron chi connectivity index (χ1n) is 15.5. The van der Waals surface area contributed by atoms with E-state index in [4.69, 9.17) is 88.2 Å². The quantitative estimate of drug-likeness (QED) is 0.116. The van der Waals surface area contributed by atoms with Crippen molar-refractivity contribution < 1.29 is 9.59 Å². The van der Waals surface area contributed by atoms with Crippen molar-refractivity contribution in [2.45, 2.75) is 45.4 Å². The van der Waals surface area contributed by atoms with E-state index in [1.165, 1.54) is 22.3 Å². The van der Waals surface area contributed by atoms with E-state index in [2.05, 4.69) is 92.6 Å². The smallest absolute Gasteiger partial charge is 0.294 e. The molecule has 0 heterocycles. The van der Waals surface area contributed by atoms with Crippen molar-refractivity contribution in [2.75, 3.05) is 0 Å². The van der Waals surface area contributed by atoms with Crippen LogP contribution in [0.3, 0.4) is 0 Å². The largest absolute Gasteiger partial charge is 0.643 e. The van der Waals surface area contributed by atoms with Crippen molar-refractivity contribution in [3.63, 3.8) is 0 Å². The fourth-order valence-corrected chi connectivity index (χ4v) is 9.51. The van der Waals surface area contributed by atoms with Crippen molar-refractivity contribution in [1.82, 2.24) is 0 Å². The van der Waals surface area contributed by atoms with Crippen LogP contribution in [0.15, 0.2) is 84.1 Å². The molecule has 53 heavy (non-hydrogen) atoms. The first kappa shape index (κ1) is 50.4. The van der Waals surface area contributed by atoms with Crippen molar-refractivity contribution in [1.29, 1.82) is 0 Å². The van der Waals surface area contributed by atoms with Gasteiger partial charge in [0, 0.05) is 60.7 Å². The van der Waals surface area contributed by atoms with Crippen LogP contribution in [0.25, 0.3) is 6.08 Å². The van der Waals surface area contributed by atoms with Gasteiger partial charge >= 0.3 is 11.4 Å². The van der Waals surface area contributed by atoms with E-state index in [0.717, 1.165) is 62.8 Å². The summed E-state index contributed by atoms with van der Waals surface area (Å²) in [5.41, 5.74) is 8.14. The van der Waals surface area contributed by atoms with Gasteiger partial charge in [0.1, 0.15) is 0 Å². The van der Waals surface area contributed by atoms with Crippen LogP contribution < -0.4 is 0 Å². The molecule has 2 aliphatic carbocycles. The van der Waals surface area contributed by atoms with Crippen molar-refractivity contribution >= 4 is 196 Å². The number of benzene rings is 4. The average molecular weight is 1220 g/mol. The Morgan fingerprint density at radius 2 is 1.25 bits per heavy atom. The Balaban J connectivity index is 0.000000238. The molecule has 0 amide bonds. The van der Waals surface area contributed by atoms with Crippen LogP contribution >= 0.6 is 168 Å². The molecule has 4 aromatic rings. The Morgan fingerprint density at radius 3 is 1.74 bits per heavy atom. The van der Waals surface area contributed by atoms with E-state index in [1.54, 1.807) is 19.1 Å². The van der Waals surface area contributed by atoms with Crippen molar-refractivity contribution in [3.8, 4) is 0 Å². The number of alkyl halides is 1. The SMILES string of the molecule is CC(Cc1ccc(Cl)cc1Br)C(=O)Cl.CC1=Cc2cc(Cl)cc(Br)c2C1.CC1Cc2c(Br)cc(Cl)cc2C1=O.Clc1ccc(CBr)c(Br)c1.[Cl][Al]([Cl])[Cl]. The molecule has 4 aromatic carbocycles. The Hall–Kier alpha value is 1.21. The molecule has 0 spiro atoms. The predicted molar refractivity (Wildman–Crippen MR) is 251 cm³/mol. The maximum absolute atomic E-state index is 11.6. The summed E-state index contributed by atoms with van der Waals surface area (Å²) in [7, 11) is 14.8. The van der Waals surface area contributed by atoms with Gasteiger partial charge in [0.15, 0.2) is 5.78 Å². The predicted octanol–water partition coefficient (Wildman–Crippen LogP) is 17.3. The molecule has 0 aromatic heterocycles. The van der Waals surface area contributed by atoms with Crippen molar-refractivity contribution in [3.05, 3.63) is 138 Å². The summed E-state index contributed by atoms with van der Waals surface area (Å²) >= 11 is 44.0. The summed E-state index contributed by atoms with van der Waals surface area (Å²) < 4.78 is 4.04. The normalized spacial score (nSPS) is 14.0. The van der Waals surface area contributed by atoms with E-state index in [1.807, 2.05) is 55.5 Å². The van der Waals surface area contributed by atoms with Crippen molar-refractivity contribution in [2.24, 2.45) is 11.8 Å². The highest BCUT2D eigenvalue weighted by molar-refractivity contribution is 9.11. The molecule has 2 nitrogen and oxygen atoms in total. The molecule has 284 valence electrons. The summed E-state index contributed by atoms with van der Waals surface area (Å²) in [5, 5.41) is 3.39. The highest BCUT2D eigenvalue weighted by Crippen LogP contribution is 2.35. The highest BCUT2D eigenvalue weighted by Gasteiger charge is 2.28. The number of Topliss-reactive ketones (excluding diaryl/α,β-unsaturated/α-hetero) is 1. The Labute approximate surface area is 395 Å². The van der Waals surface area contributed by atoms with Gasteiger partial charge in [-0.15, -0.1) is 0 Å². The van der Waals surface area contributed by atoms with E-state index in [-0.39, 0.29) is 22.9 Å². The minimum Gasteiger partial charge on any atom is -0.294 e. The zero-order valence-corrected chi connectivity index (χ0v) is 43.3. The standard InChI is InChI=1S/C10H9BrCl2O.C10H8BrClO.C10H8BrCl.C7H5Br2Cl.Al.3ClH/c1-6(10(13)14)4-7-2-3-8(12)5-9(7)11;1-5-2-7-8(10(5)13)3-6(12)4-9(7)11;1-6-2-7-4-8(12)5-10(11)9(7)3-6;8-4-5-1-2-6(10)3-7(5)9;;;;/h2-3,5-6H,4H2,1H3;3-5H,2H2,1H3;2,4-5H,3H2,1H3;1-3H,4H2;;3*1H/q;;;;+3;;;/p-3. The van der Waals surface area contributed by atoms with Gasteiger partial charge in [-0.2, -0.15) is 0 Å². The molecular formula is C37H30AlBr5Cl8O2. The maximum atomic E-state index is 11.6. The van der Waals surface area contributed by atoms with E-state index in [0.29, 0.717) is 16.5 Å². The minimum atomic E-state index is -1.72. The van der Waals surface area contributed by atoms with Gasteiger partial charge in [-0.25, -0.2) is 30.1 Å². The first-order chi connectivity index (χ1) is 24.7. The first-order valence-corrected chi connectivity index (χ1v) is 26.9. The molecule has 0 N–H and O–H groups in total. The lowest BCUT2D eigenvalue weighted by Gasteiger charge is -2.08. The topological polar surface area (TPSA) is 34.1 Å². The van der Waals surface area contributed by atoms with Crippen LogP contribution in [-0.2, 0) is 29.4 Å². The molecule has 0 radical (unpaired) electrons. The Bertz CT molecular complexity index is 1940. The third-order valence-corrected chi connectivity index (χ3v) is 12.3. The molecule has 0 fully saturated rings. The van der Waals surface area contributed by atoms with E-state index >= 15 is 0 Å². The molecule has 2 unspecified atom stereocenters. The second-order valence-electron chi connectivity index (χ2n) is 11.8. The second kappa shape index (κ2) is 25.0. The number of rotatable bonds is 4. The molecule has 0 saturated heterocycles. The third kappa shape index (κ3) is 17.5. The number of carbonyl (C=O) groups excluding carboxylic acids is 2. The molecule has 2 aliphatic rings. The zero-order valence-electron chi connectivity index (χ0n) is 28.1. The fourth-order valence-electron chi connectivity index (χ4n) is 4.96. The van der Waals surface area contributed by atoms with Gasteiger partial charge in [-0.1, -0.05) is 164 Å². The van der Waals surface area contributed by atoms with E-state index < -0.39 is 11.4 Å². The summed E-state index contributed by atoms with van der Waals surface area (Å²) in [5.74, 6) is 0.136. The summed E-state index contributed by atoms with van der Waals surface area (Å²) in [6.07, 6.45) is 4.69. The van der Waals surface area contributed by atoms with Gasteiger partial charge < -0.3 is 0 Å². The third-order valence-electron chi connectivity index (χ3n) is 7.52. The summed E-state index contributed by atoms with van der Waals surface area (Å²) in [6, 6.07) is 18.8. The lowest BCUT2D eigenvalue weighted by Crippen LogP contribution is -2.07. The fraction of sp³-hybridized carbons (Fsp3) is 0.243. The van der Waals surface area contributed by atoms with Crippen LogP contribution in [0, 0.1) is 11.8 Å². The molecule has 6 rings (SSSR count). The lowest BCUT2D eigenvalue weighted by molar-refractivity contribution is -0.114. The number of carbonyl (C=O) groups is 2. The lowest BCUT2D eigenvalue weighted by atomic mass is 10.0. The number of halogens is 13. The molecule has 0 bridgehead atoms.